The molecule has 0 spiro atoms. The molecule has 0 bridgehead atoms. The monoisotopic (exact) mass is 300 g/mol. The standard InChI is InChI=1S/C15H12N2O3S/c18-15-9-14(10-5-7-11(8-6-10)17(19)20)21-13-4-2-1-3-12(13)16-15/h1-8,14H,9H2,(H,16,18)/t14-/m0/s1. The highest BCUT2D eigenvalue weighted by molar-refractivity contribution is 7.99. The highest BCUT2D eigenvalue weighted by Gasteiger charge is 2.23. The van der Waals surface area contributed by atoms with E-state index in [9.17, 15) is 14.9 Å². The Morgan fingerprint density at radius 3 is 2.57 bits per heavy atom. The predicted octanol–water partition coefficient (Wildman–Crippen LogP) is 3.77. The number of para-hydroxylation sites is 1. The van der Waals surface area contributed by atoms with E-state index in [1.165, 1.54) is 12.1 Å². The Balaban J connectivity index is 1.91. The lowest BCUT2D eigenvalue weighted by molar-refractivity contribution is -0.384. The fourth-order valence-electron chi connectivity index (χ4n) is 2.23. The van der Waals surface area contributed by atoms with Gasteiger partial charge in [0.25, 0.3) is 5.69 Å². The van der Waals surface area contributed by atoms with Gasteiger partial charge in [-0.2, -0.15) is 0 Å². The number of hydrogen-bond acceptors (Lipinski definition) is 4. The Hall–Kier alpha value is -2.34. The molecule has 1 amide bonds. The summed E-state index contributed by atoms with van der Waals surface area (Å²) < 4.78 is 0. The number of amides is 1. The third-order valence-electron chi connectivity index (χ3n) is 3.28. The quantitative estimate of drug-likeness (QED) is 0.677. The van der Waals surface area contributed by atoms with E-state index in [4.69, 9.17) is 0 Å². The van der Waals surface area contributed by atoms with Gasteiger partial charge in [-0.05, 0) is 17.7 Å². The van der Waals surface area contributed by atoms with E-state index in [1.807, 2.05) is 24.3 Å². The normalized spacial score (nSPS) is 17.5. The van der Waals surface area contributed by atoms with Crippen molar-refractivity contribution in [2.75, 3.05) is 5.32 Å². The van der Waals surface area contributed by atoms with Gasteiger partial charge in [0.15, 0.2) is 0 Å². The number of rotatable bonds is 2. The summed E-state index contributed by atoms with van der Waals surface area (Å²) in [6.07, 6.45) is 0.344. The van der Waals surface area contributed by atoms with Crippen LogP contribution < -0.4 is 5.32 Å². The minimum Gasteiger partial charge on any atom is -0.325 e. The molecule has 3 rings (SSSR count). The molecule has 1 atom stereocenters. The van der Waals surface area contributed by atoms with Crippen LogP contribution in [0.3, 0.4) is 0 Å². The first kappa shape index (κ1) is 13.6. The maximum Gasteiger partial charge on any atom is 0.269 e. The first-order valence-electron chi connectivity index (χ1n) is 6.43. The molecule has 0 saturated carbocycles. The third-order valence-corrected chi connectivity index (χ3v) is 4.61. The van der Waals surface area contributed by atoms with E-state index in [-0.39, 0.29) is 16.8 Å². The van der Waals surface area contributed by atoms with Crippen molar-refractivity contribution in [2.45, 2.75) is 16.6 Å². The highest BCUT2D eigenvalue weighted by Crippen LogP contribution is 2.43. The molecule has 0 fully saturated rings. The summed E-state index contributed by atoms with van der Waals surface area (Å²) in [5.74, 6) is -0.0456. The van der Waals surface area contributed by atoms with Gasteiger partial charge in [0.2, 0.25) is 5.91 Å². The van der Waals surface area contributed by atoms with Crippen molar-refractivity contribution in [3.05, 3.63) is 64.2 Å². The molecule has 0 aromatic heterocycles. The molecular formula is C15H12N2O3S. The molecule has 1 heterocycles. The van der Waals surface area contributed by atoms with Gasteiger partial charge >= 0.3 is 0 Å². The summed E-state index contributed by atoms with van der Waals surface area (Å²) in [7, 11) is 0. The van der Waals surface area contributed by atoms with Crippen LogP contribution in [0.25, 0.3) is 0 Å². The van der Waals surface area contributed by atoms with Crippen molar-refractivity contribution >= 4 is 29.0 Å². The van der Waals surface area contributed by atoms with E-state index in [0.29, 0.717) is 6.42 Å². The van der Waals surface area contributed by atoms with E-state index in [2.05, 4.69) is 5.32 Å². The number of hydrogen-bond donors (Lipinski definition) is 1. The smallest absolute Gasteiger partial charge is 0.269 e. The van der Waals surface area contributed by atoms with E-state index >= 15 is 0 Å². The number of anilines is 1. The summed E-state index contributed by atoms with van der Waals surface area (Å²) in [4.78, 5) is 23.2. The number of benzene rings is 2. The fraction of sp³-hybridized carbons (Fsp3) is 0.133. The zero-order valence-corrected chi connectivity index (χ0v) is 11.8. The van der Waals surface area contributed by atoms with Crippen LogP contribution in [0.15, 0.2) is 53.4 Å². The number of non-ortho nitro benzene ring substituents is 1. The largest absolute Gasteiger partial charge is 0.325 e. The van der Waals surface area contributed by atoms with E-state index < -0.39 is 4.92 Å². The Labute approximate surface area is 125 Å². The number of thioether (sulfide) groups is 1. The van der Waals surface area contributed by atoms with E-state index in [0.717, 1.165) is 16.1 Å². The average Bonchev–Trinajstić information content (AvgIpc) is 2.65. The van der Waals surface area contributed by atoms with Crippen molar-refractivity contribution in [1.29, 1.82) is 0 Å². The van der Waals surface area contributed by atoms with Crippen LogP contribution in [0.4, 0.5) is 11.4 Å². The van der Waals surface area contributed by atoms with Gasteiger partial charge in [0.1, 0.15) is 0 Å². The SMILES string of the molecule is O=C1C[C@@H](c2ccc([N+](=O)[O-])cc2)Sc2ccccc2N1. The second-order valence-electron chi connectivity index (χ2n) is 4.70. The van der Waals surface area contributed by atoms with Crippen LogP contribution in [-0.2, 0) is 4.79 Å². The predicted molar refractivity (Wildman–Crippen MR) is 81.4 cm³/mol. The number of nitro groups is 1. The number of nitrogens with one attached hydrogen (secondary N) is 1. The van der Waals surface area contributed by atoms with Crippen LogP contribution in [-0.4, -0.2) is 10.8 Å². The number of nitrogens with zero attached hydrogens (tertiary/aromatic N) is 1. The molecule has 1 aliphatic rings. The topological polar surface area (TPSA) is 72.2 Å². The molecule has 0 aliphatic carbocycles. The van der Waals surface area contributed by atoms with Crippen molar-refractivity contribution in [3.63, 3.8) is 0 Å². The molecule has 0 saturated heterocycles. The molecule has 5 nitrogen and oxygen atoms in total. The lowest BCUT2D eigenvalue weighted by atomic mass is 10.1. The van der Waals surface area contributed by atoms with Gasteiger partial charge in [-0.15, -0.1) is 11.8 Å². The molecule has 106 valence electrons. The number of carbonyl (C=O) groups is 1. The summed E-state index contributed by atoms with van der Waals surface area (Å²) in [5.41, 5.74) is 1.79. The zero-order chi connectivity index (χ0) is 14.8. The van der Waals surface area contributed by atoms with Crippen LogP contribution in [0, 0.1) is 10.1 Å². The summed E-state index contributed by atoms with van der Waals surface area (Å²) in [5, 5.41) is 13.5. The summed E-state index contributed by atoms with van der Waals surface area (Å²) in [6, 6.07) is 14.0. The number of carbonyl (C=O) groups excluding carboxylic acids is 1. The van der Waals surface area contributed by atoms with Crippen molar-refractivity contribution in [2.24, 2.45) is 0 Å². The Morgan fingerprint density at radius 1 is 1.14 bits per heavy atom. The zero-order valence-electron chi connectivity index (χ0n) is 11.0. The molecule has 2 aromatic carbocycles. The molecular weight excluding hydrogens is 288 g/mol. The molecule has 0 unspecified atom stereocenters. The van der Waals surface area contributed by atoms with E-state index in [1.54, 1.807) is 23.9 Å². The van der Waals surface area contributed by atoms with Gasteiger partial charge < -0.3 is 5.32 Å². The minimum atomic E-state index is -0.425. The number of fused-ring (bicyclic) bond motifs is 1. The molecule has 0 radical (unpaired) electrons. The van der Waals surface area contributed by atoms with Crippen LogP contribution in [0.1, 0.15) is 17.2 Å². The second kappa shape index (κ2) is 5.57. The molecule has 21 heavy (non-hydrogen) atoms. The fourth-order valence-corrected chi connectivity index (χ4v) is 3.47. The van der Waals surface area contributed by atoms with Gasteiger partial charge in [-0.3, -0.25) is 14.9 Å². The van der Waals surface area contributed by atoms with Crippen LogP contribution >= 0.6 is 11.8 Å². The van der Waals surface area contributed by atoms with Crippen molar-refractivity contribution < 1.29 is 9.72 Å². The first-order chi connectivity index (χ1) is 10.1. The Bertz CT molecular complexity index is 700. The van der Waals surface area contributed by atoms with Gasteiger partial charge in [-0.25, -0.2) is 0 Å². The first-order valence-corrected chi connectivity index (χ1v) is 7.31. The Morgan fingerprint density at radius 2 is 1.86 bits per heavy atom. The van der Waals surface area contributed by atoms with Crippen LogP contribution in [0.2, 0.25) is 0 Å². The minimum absolute atomic E-state index is 0.0456. The highest BCUT2D eigenvalue weighted by atomic mass is 32.2. The number of nitro benzene ring substituents is 1. The maximum absolute atomic E-state index is 12.0. The summed E-state index contributed by atoms with van der Waals surface area (Å²) in [6.45, 7) is 0. The third kappa shape index (κ3) is 2.90. The summed E-state index contributed by atoms with van der Waals surface area (Å²) >= 11 is 1.60. The maximum atomic E-state index is 12.0. The lowest BCUT2D eigenvalue weighted by Gasteiger charge is -2.13. The van der Waals surface area contributed by atoms with Gasteiger partial charge in [0, 0.05) is 28.7 Å². The van der Waals surface area contributed by atoms with Crippen LogP contribution in [0.5, 0.6) is 0 Å². The average molecular weight is 300 g/mol. The lowest BCUT2D eigenvalue weighted by Crippen LogP contribution is -2.11. The van der Waals surface area contributed by atoms with Crippen molar-refractivity contribution in [3.8, 4) is 0 Å². The molecule has 6 heteroatoms. The van der Waals surface area contributed by atoms with Gasteiger partial charge in [-0.1, -0.05) is 24.3 Å². The molecule has 1 N–H and O–H groups in total. The Kier molecular flexibility index (Phi) is 3.62. The molecule has 1 aliphatic heterocycles. The molecule has 2 aromatic rings. The van der Waals surface area contributed by atoms with Gasteiger partial charge in [0.05, 0.1) is 10.6 Å². The second-order valence-corrected chi connectivity index (χ2v) is 5.95. The van der Waals surface area contributed by atoms with Crippen molar-refractivity contribution in [1.82, 2.24) is 0 Å².